The van der Waals surface area contributed by atoms with E-state index in [1.165, 1.54) is 4.90 Å². The minimum Gasteiger partial charge on any atom is -0.497 e. The largest absolute Gasteiger partial charge is 0.497 e. The van der Waals surface area contributed by atoms with E-state index in [0.717, 1.165) is 16.9 Å². The second kappa shape index (κ2) is 9.96. The molecule has 2 amide bonds. The van der Waals surface area contributed by atoms with Gasteiger partial charge in [0, 0.05) is 6.54 Å². The number of likely N-dealkylation sites (tertiary alicyclic amines) is 1. The molecule has 158 valence electrons. The van der Waals surface area contributed by atoms with Gasteiger partial charge in [-0.1, -0.05) is 68.5 Å². The fourth-order valence-electron chi connectivity index (χ4n) is 3.65. The first-order valence-electron chi connectivity index (χ1n) is 10.3. The lowest BCUT2D eigenvalue weighted by Gasteiger charge is -2.48. The number of β-lactam (4-membered cyclic amide) rings is 1. The molecule has 6 nitrogen and oxygen atoms in total. The number of cyclic esters (lactones) is 1. The fraction of sp³-hybridized carbons (Fsp3) is 0.333. The number of carbonyl (C=O) groups excluding carboxylic acids is 2. The predicted octanol–water partition coefficient (Wildman–Crippen LogP) is 3.97. The van der Waals surface area contributed by atoms with Crippen molar-refractivity contribution in [1.29, 1.82) is 0 Å². The molecule has 0 saturated carbocycles. The van der Waals surface area contributed by atoms with Gasteiger partial charge in [0.05, 0.1) is 19.7 Å². The maximum Gasteiger partial charge on any atom is 0.410 e. The number of ether oxygens (including phenoxy) is 2. The van der Waals surface area contributed by atoms with Crippen LogP contribution in [0.25, 0.3) is 6.08 Å². The van der Waals surface area contributed by atoms with Gasteiger partial charge in [0.15, 0.2) is 0 Å². The molecule has 2 aliphatic heterocycles. The molecule has 2 aromatic carbocycles. The Morgan fingerprint density at radius 2 is 1.87 bits per heavy atom. The van der Waals surface area contributed by atoms with E-state index < -0.39 is 12.1 Å². The maximum absolute atomic E-state index is 12.8. The Morgan fingerprint density at radius 1 is 1.10 bits per heavy atom. The Morgan fingerprint density at radius 3 is 2.53 bits per heavy atom. The van der Waals surface area contributed by atoms with Crippen molar-refractivity contribution >= 4 is 18.1 Å². The van der Waals surface area contributed by atoms with Crippen LogP contribution in [0, 0.1) is 0 Å². The number of nitrogens with zero attached hydrogens (tertiary/aromatic N) is 2. The highest BCUT2D eigenvalue weighted by Gasteiger charge is 2.52. The molecule has 2 fully saturated rings. The third kappa shape index (κ3) is 4.48. The Kier molecular flexibility index (Phi) is 7.12. The normalized spacial score (nSPS) is 20.5. The third-order valence-electron chi connectivity index (χ3n) is 5.12. The summed E-state index contributed by atoms with van der Waals surface area (Å²) in [6.07, 6.45) is 3.53. The predicted molar refractivity (Wildman–Crippen MR) is 116 cm³/mol. The van der Waals surface area contributed by atoms with Gasteiger partial charge in [-0.05, 0) is 23.3 Å². The van der Waals surface area contributed by atoms with Crippen LogP contribution in [0.1, 0.15) is 25.0 Å². The molecule has 2 saturated heterocycles. The number of amides is 2. The second-order valence-electron chi connectivity index (χ2n) is 6.83. The first-order chi connectivity index (χ1) is 14.7. The number of benzene rings is 2. The van der Waals surface area contributed by atoms with Crippen LogP contribution in [0.3, 0.4) is 0 Å². The molecule has 6 heteroatoms. The first kappa shape index (κ1) is 21.4. The summed E-state index contributed by atoms with van der Waals surface area (Å²) in [5, 5.41) is 0. The monoisotopic (exact) mass is 408 g/mol. The molecule has 30 heavy (non-hydrogen) atoms. The Hall–Kier alpha value is -3.28. The average Bonchev–Trinajstić information content (AvgIpc) is 3.21. The molecule has 4 rings (SSSR count). The van der Waals surface area contributed by atoms with Gasteiger partial charge in [-0.25, -0.2) is 4.79 Å². The smallest absolute Gasteiger partial charge is 0.410 e. The van der Waals surface area contributed by atoms with E-state index in [4.69, 9.17) is 9.47 Å². The van der Waals surface area contributed by atoms with E-state index in [-0.39, 0.29) is 11.9 Å². The van der Waals surface area contributed by atoms with Gasteiger partial charge in [-0.2, -0.15) is 0 Å². The molecule has 0 aliphatic carbocycles. The number of hydrogen-bond acceptors (Lipinski definition) is 4. The van der Waals surface area contributed by atoms with Crippen LogP contribution in [-0.2, 0) is 16.1 Å². The quantitative estimate of drug-likeness (QED) is 0.679. The van der Waals surface area contributed by atoms with Crippen LogP contribution in [0.2, 0.25) is 0 Å². The Labute approximate surface area is 177 Å². The van der Waals surface area contributed by atoms with Crippen LogP contribution >= 0.6 is 0 Å². The highest BCUT2D eigenvalue weighted by molar-refractivity contribution is 5.93. The fourth-order valence-corrected chi connectivity index (χ4v) is 3.65. The van der Waals surface area contributed by atoms with E-state index in [1.54, 1.807) is 12.0 Å². The van der Waals surface area contributed by atoms with E-state index in [0.29, 0.717) is 19.7 Å². The molecule has 2 aliphatic rings. The van der Waals surface area contributed by atoms with Crippen LogP contribution in [0.4, 0.5) is 4.79 Å². The molecule has 0 N–H and O–H groups in total. The third-order valence-corrected chi connectivity index (χ3v) is 5.12. The van der Waals surface area contributed by atoms with Crippen molar-refractivity contribution in [2.45, 2.75) is 32.5 Å². The number of methoxy groups -OCH3 is 1. The van der Waals surface area contributed by atoms with Gasteiger partial charge in [0.25, 0.3) is 0 Å². The molecule has 2 atom stereocenters. The van der Waals surface area contributed by atoms with Gasteiger partial charge >= 0.3 is 6.09 Å². The summed E-state index contributed by atoms with van der Waals surface area (Å²) < 4.78 is 10.3. The molecule has 0 aromatic heterocycles. The number of carbonyl (C=O) groups is 2. The van der Waals surface area contributed by atoms with E-state index in [2.05, 4.69) is 0 Å². The van der Waals surface area contributed by atoms with Gasteiger partial charge in [-0.3, -0.25) is 9.69 Å². The van der Waals surface area contributed by atoms with E-state index in [9.17, 15) is 9.59 Å². The molecule has 2 heterocycles. The lowest BCUT2D eigenvalue weighted by atomic mass is 9.91. The average molecular weight is 408 g/mol. The summed E-state index contributed by atoms with van der Waals surface area (Å²) in [6.45, 7) is 5.28. The van der Waals surface area contributed by atoms with Crippen molar-refractivity contribution in [2.75, 3.05) is 20.3 Å². The minimum absolute atomic E-state index is 0.0528. The van der Waals surface area contributed by atoms with Crippen LogP contribution in [-0.4, -0.2) is 54.1 Å². The second-order valence-corrected chi connectivity index (χ2v) is 6.83. The lowest BCUT2D eigenvalue weighted by Crippen LogP contribution is -2.69. The molecular formula is C24H28N2O4. The zero-order valence-corrected chi connectivity index (χ0v) is 17.7. The summed E-state index contributed by atoms with van der Waals surface area (Å²) in [7, 11) is 1.63. The van der Waals surface area contributed by atoms with E-state index >= 15 is 0 Å². The molecule has 2 aromatic rings. The summed E-state index contributed by atoms with van der Waals surface area (Å²) >= 11 is 0. The van der Waals surface area contributed by atoms with Gasteiger partial charge in [-0.15, -0.1) is 0 Å². The Bertz CT molecular complexity index is 897. The highest BCUT2D eigenvalue weighted by Crippen LogP contribution is 2.31. The van der Waals surface area contributed by atoms with Crippen molar-refractivity contribution in [2.24, 2.45) is 0 Å². The van der Waals surface area contributed by atoms with Crippen molar-refractivity contribution in [1.82, 2.24) is 9.80 Å². The SMILES string of the molecule is CC.COc1cccc(/C=C/C2C(N3CCOC3=O)C(=O)N2Cc2ccccc2)c1. The summed E-state index contributed by atoms with van der Waals surface area (Å²) in [5.74, 6) is 0.718. The van der Waals surface area contributed by atoms with Gasteiger partial charge in [0.1, 0.15) is 18.4 Å². The van der Waals surface area contributed by atoms with Crippen molar-refractivity contribution in [3.05, 3.63) is 71.8 Å². The minimum atomic E-state index is -0.513. The molecule has 2 unspecified atom stereocenters. The van der Waals surface area contributed by atoms with Crippen molar-refractivity contribution < 1.29 is 19.1 Å². The maximum atomic E-state index is 12.8. The summed E-state index contributed by atoms with van der Waals surface area (Å²) in [6, 6.07) is 16.8. The van der Waals surface area contributed by atoms with E-state index in [1.807, 2.05) is 80.6 Å². The highest BCUT2D eigenvalue weighted by atomic mass is 16.6. The topological polar surface area (TPSA) is 59.1 Å². The molecule has 0 spiro atoms. The molecule has 0 bridgehead atoms. The van der Waals surface area contributed by atoms with Crippen LogP contribution in [0.15, 0.2) is 60.7 Å². The standard InChI is InChI=1S/C22H22N2O4.C2H6/c1-27-18-9-5-8-16(14-18)10-11-19-20(23-12-13-28-22(23)26)21(25)24(19)15-17-6-3-2-4-7-17;1-2/h2-11,14,19-20H,12-13,15H2,1H3;1-2H3/b11-10+;. The first-order valence-corrected chi connectivity index (χ1v) is 10.3. The summed E-state index contributed by atoms with van der Waals surface area (Å²) in [5.41, 5.74) is 2.03. The number of hydrogen-bond donors (Lipinski definition) is 0. The van der Waals surface area contributed by atoms with Gasteiger partial charge in [0.2, 0.25) is 5.91 Å². The van der Waals surface area contributed by atoms with Gasteiger partial charge < -0.3 is 14.4 Å². The van der Waals surface area contributed by atoms with Crippen molar-refractivity contribution in [3.63, 3.8) is 0 Å². The number of rotatable bonds is 6. The zero-order valence-electron chi connectivity index (χ0n) is 17.7. The van der Waals surface area contributed by atoms with Crippen LogP contribution in [0.5, 0.6) is 5.75 Å². The Balaban J connectivity index is 0.00000124. The lowest BCUT2D eigenvalue weighted by molar-refractivity contribution is -0.154. The van der Waals surface area contributed by atoms with Crippen molar-refractivity contribution in [3.8, 4) is 5.75 Å². The molecule has 0 radical (unpaired) electrons. The molecular weight excluding hydrogens is 380 g/mol. The van der Waals surface area contributed by atoms with Crippen LogP contribution < -0.4 is 4.74 Å². The summed E-state index contributed by atoms with van der Waals surface area (Å²) in [4.78, 5) is 28.2. The zero-order chi connectivity index (χ0) is 21.5.